The molecular weight excluding hydrogens is 446 g/mol. The molecule has 5 rings (SSSR count). The summed E-state index contributed by atoms with van der Waals surface area (Å²) in [4.78, 5) is 26.5. The number of thiophene rings is 1. The smallest absolute Gasteiger partial charge is 0.256 e. The van der Waals surface area contributed by atoms with Crippen molar-refractivity contribution in [1.82, 2.24) is 15.5 Å². The molecule has 4 aromatic rings. The minimum Gasteiger partial charge on any atom is -0.382 e. The van der Waals surface area contributed by atoms with Crippen molar-refractivity contribution in [3.63, 3.8) is 0 Å². The second-order valence-corrected chi connectivity index (χ2v) is 9.64. The Balaban J connectivity index is 1.25. The molecule has 34 heavy (non-hydrogen) atoms. The normalized spacial score (nSPS) is 14.1. The number of carbonyl (C=O) groups is 2. The molecule has 4 N–H and O–H groups in total. The van der Waals surface area contributed by atoms with E-state index >= 15 is 0 Å². The predicted octanol–water partition coefficient (Wildman–Crippen LogP) is 5.55. The average Bonchev–Trinajstić information content (AvgIpc) is 3.53. The molecule has 174 valence electrons. The van der Waals surface area contributed by atoms with Gasteiger partial charge in [-0.05, 0) is 66.8 Å². The number of fused-ring (bicyclic) bond motifs is 1. The molecule has 0 spiro atoms. The molecule has 8 heteroatoms. The number of H-pyrrole nitrogens is 1. The van der Waals surface area contributed by atoms with Gasteiger partial charge in [0.25, 0.3) is 11.8 Å². The number of rotatable bonds is 7. The van der Waals surface area contributed by atoms with Gasteiger partial charge in [0.2, 0.25) is 0 Å². The number of aromatic nitrogens is 2. The second kappa shape index (κ2) is 10.1. The van der Waals surface area contributed by atoms with Crippen LogP contribution < -0.4 is 16.0 Å². The molecule has 2 aromatic carbocycles. The summed E-state index contributed by atoms with van der Waals surface area (Å²) in [5, 5.41) is 19.2. The summed E-state index contributed by atoms with van der Waals surface area (Å²) in [6.07, 6.45) is 6.26. The number of nitrogens with one attached hydrogen (secondary N) is 4. The molecule has 0 unspecified atom stereocenters. The number of carbonyl (C=O) groups excluding carboxylic acids is 2. The van der Waals surface area contributed by atoms with Gasteiger partial charge in [-0.15, -0.1) is 11.3 Å². The number of aromatic amines is 1. The van der Waals surface area contributed by atoms with E-state index in [9.17, 15) is 9.59 Å². The van der Waals surface area contributed by atoms with E-state index in [1.807, 2.05) is 41.8 Å². The van der Waals surface area contributed by atoms with Crippen LogP contribution in [0.2, 0.25) is 0 Å². The fourth-order valence-corrected chi connectivity index (χ4v) is 4.96. The first-order valence-electron chi connectivity index (χ1n) is 11.6. The maximum absolute atomic E-state index is 12.8. The Morgan fingerprint density at radius 1 is 0.971 bits per heavy atom. The van der Waals surface area contributed by atoms with Crippen molar-refractivity contribution < 1.29 is 9.59 Å². The standard InChI is InChI=1S/C26H27N5O2S/c32-25(27-16-21-7-4-14-34-21)18-10-13-23-22(15-18)24(31-30-23)29-26(33)17-8-11-20(12-9-17)28-19-5-2-1-3-6-19/h4,7-15,19,28H,1-3,5-6,16H2,(H,27,32)(H2,29,30,31,33). The number of hydrogen-bond donors (Lipinski definition) is 4. The van der Waals surface area contributed by atoms with Crippen LogP contribution in [0, 0.1) is 0 Å². The van der Waals surface area contributed by atoms with Gasteiger partial charge in [-0.2, -0.15) is 5.10 Å². The monoisotopic (exact) mass is 473 g/mol. The van der Waals surface area contributed by atoms with Crippen LogP contribution in [0.15, 0.2) is 60.0 Å². The molecule has 1 aliphatic rings. The topological polar surface area (TPSA) is 98.9 Å². The maximum Gasteiger partial charge on any atom is 0.256 e. The molecule has 0 atom stereocenters. The highest BCUT2D eigenvalue weighted by atomic mass is 32.1. The van der Waals surface area contributed by atoms with E-state index in [4.69, 9.17) is 0 Å². The van der Waals surface area contributed by atoms with Crippen LogP contribution in [-0.4, -0.2) is 28.1 Å². The highest BCUT2D eigenvalue weighted by Gasteiger charge is 2.15. The van der Waals surface area contributed by atoms with Crippen LogP contribution in [0.4, 0.5) is 11.5 Å². The molecule has 2 aromatic heterocycles. The third-order valence-electron chi connectivity index (χ3n) is 6.18. The number of nitrogens with zero attached hydrogens (tertiary/aromatic N) is 1. The van der Waals surface area contributed by atoms with Crippen molar-refractivity contribution in [2.24, 2.45) is 0 Å². The van der Waals surface area contributed by atoms with Crippen molar-refractivity contribution in [2.75, 3.05) is 10.6 Å². The summed E-state index contributed by atoms with van der Waals surface area (Å²) < 4.78 is 0. The third-order valence-corrected chi connectivity index (χ3v) is 7.06. The van der Waals surface area contributed by atoms with Crippen molar-refractivity contribution >= 4 is 45.6 Å². The van der Waals surface area contributed by atoms with E-state index in [1.165, 1.54) is 32.1 Å². The first-order chi connectivity index (χ1) is 16.7. The van der Waals surface area contributed by atoms with Crippen molar-refractivity contribution in [1.29, 1.82) is 0 Å². The van der Waals surface area contributed by atoms with Crippen LogP contribution >= 0.6 is 11.3 Å². The van der Waals surface area contributed by atoms with Gasteiger partial charge in [0.15, 0.2) is 5.82 Å². The molecular formula is C26H27N5O2S. The largest absolute Gasteiger partial charge is 0.382 e. The first kappa shape index (κ1) is 22.2. The van der Waals surface area contributed by atoms with E-state index < -0.39 is 0 Å². The number of anilines is 2. The van der Waals surface area contributed by atoms with E-state index in [2.05, 4.69) is 26.1 Å². The van der Waals surface area contributed by atoms with Gasteiger partial charge in [0.05, 0.1) is 12.1 Å². The molecule has 2 heterocycles. The number of amides is 2. The summed E-state index contributed by atoms with van der Waals surface area (Å²) in [7, 11) is 0. The molecule has 0 radical (unpaired) electrons. The van der Waals surface area contributed by atoms with Gasteiger partial charge < -0.3 is 16.0 Å². The Hall–Kier alpha value is -3.65. The van der Waals surface area contributed by atoms with Crippen molar-refractivity contribution in [2.45, 2.75) is 44.7 Å². The number of benzene rings is 2. The van der Waals surface area contributed by atoms with Crippen molar-refractivity contribution in [3.8, 4) is 0 Å². The molecule has 1 aliphatic carbocycles. The Bertz CT molecular complexity index is 1270. The first-order valence-corrected chi connectivity index (χ1v) is 12.5. The Morgan fingerprint density at radius 3 is 2.53 bits per heavy atom. The molecule has 1 fully saturated rings. The highest BCUT2D eigenvalue weighted by Crippen LogP contribution is 2.24. The number of hydrogen-bond acceptors (Lipinski definition) is 5. The Morgan fingerprint density at radius 2 is 1.76 bits per heavy atom. The zero-order valence-electron chi connectivity index (χ0n) is 18.8. The summed E-state index contributed by atoms with van der Waals surface area (Å²) >= 11 is 1.60. The lowest BCUT2D eigenvalue weighted by molar-refractivity contribution is 0.0950. The summed E-state index contributed by atoms with van der Waals surface area (Å²) in [6, 6.07) is 17.3. The van der Waals surface area contributed by atoms with Gasteiger partial charge in [0.1, 0.15) is 0 Å². The molecule has 0 saturated heterocycles. The zero-order chi connectivity index (χ0) is 23.3. The second-order valence-electron chi connectivity index (χ2n) is 8.61. The summed E-state index contributed by atoms with van der Waals surface area (Å²) in [5.41, 5.74) is 2.85. The van der Waals surface area contributed by atoms with Gasteiger partial charge >= 0.3 is 0 Å². The SMILES string of the molecule is O=C(NCc1cccs1)c1ccc2[nH]nc(NC(=O)c3ccc(NC4CCCCC4)cc3)c2c1. The van der Waals surface area contributed by atoms with Crippen LogP contribution in [0.1, 0.15) is 57.7 Å². The molecule has 7 nitrogen and oxygen atoms in total. The predicted molar refractivity (Wildman–Crippen MR) is 136 cm³/mol. The zero-order valence-corrected chi connectivity index (χ0v) is 19.6. The Labute approximate surface area is 202 Å². The molecule has 0 bridgehead atoms. The van der Waals surface area contributed by atoms with Gasteiger partial charge in [-0.3, -0.25) is 14.7 Å². The summed E-state index contributed by atoms with van der Waals surface area (Å²) in [6.45, 7) is 0.481. The van der Waals surface area contributed by atoms with Crippen LogP contribution in [-0.2, 0) is 6.54 Å². The molecule has 0 aliphatic heterocycles. The summed E-state index contributed by atoms with van der Waals surface area (Å²) in [5.74, 6) is -0.0164. The minimum absolute atomic E-state index is 0.171. The van der Waals surface area contributed by atoms with E-state index in [1.54, 1.807) is 29.5 Å². The fourth-order valence-electron chi connectivity index (χ4n) is 4.31. The average molecular weight is 474 g/mol. The van der Waals surface area contributed by atoms with Gasteiger partial charge in [0, 0.05) is 33.1 Å². The lowest BCUT2D eigenvalue weighted by atomic mass is 9.95. The van der Waals surface area contributed by atoms with E-state index in [0.29, 0.717) is 34.9 Å². The lowest BCUT2D eigenvalue weighted by Gasteiger charge is -2.23. The van der Waals surface area contributed by atoms with Gasteiger partial charge in [-0.1, -0.05) is 25.3 Å². The molecule has 2 amide bonds. The third kappa shape index (κ3) is 5.12. The van der Waals surface area contributed by atoms with Crippen LogP contribution in [0.25, 0.3) is 10.9 Å². The van der Waals surface area contributed by atoms with Crippen LogP contribution in [0.5, 0.6) is 0 Å². The maximum atomic E-state index is 12.8. The molecule has 1 saturated carbocycles. The van der Waals surface area contributed by atoms with Crippen molar-refractivity contribution in [3.05, 3.63) is 76.0 Å². The lowest BCUT2D eigenvalue weighted by Crippen LogP contribution is -2.22. The Kier molecular flexibility index (Phi) is 6.58. The van der Waals surface area contributed by atoms with E-state index in [-0.39, 0.29) is 11.8 Å². The van der Waals surface area contributed by atoms with Gasteiger partial charge in [-0.25, -0.2) is 0 Å². The minimum atomic E-state index is -0.245. The fraction of sp³-hybridized carbons (Fsp3) is 0.269. The van der Waals surface area contributed by atoms with Crippen LogP contribution in [0.3, 0.4) is 0 Å². The van der Waals surface area contributed by atoms with E-state index in [0.717, 1.165) is 16.1 Å². The highest BCUT2D eigenvalue weighted by molar-refractivity contribution is 7.09. The quantitative estimate of drug-likeness (QED) is 0.283.